The van der Waals surface area contributed by atoms with Crippen molar-refractivity contribution in [2.24, 2.45) is 0 Å². The van der Waals surface area contributed by atoms with Gasteiger partial charge in [-0.15, -0.1) is 0 Å². The predicted octanol–water partition coefficient (Wildman–Crippen LogP) is 0.554. The van der Waals surface area contributed by atoms with Crippen molar-refractivity contribution in [3.63, 3.8) is 0 Å². The number of aliphatic hydroxyl groups excluding tert-OH is 1. The highest BCUT2D eigenvalue weighted by molar-refractivity contribution is 6.29. The molecule has 1 heterocycles. The summed E-state index contributed by atoms with van der Waals surface area (Å²) >= 11 is 5.81. The van der Waals surface area contributed by atoms with Gasteiger partial charge in [-0.05, 0) is 7.05 Å². The third kappa shape index (κ3) is 3.26. The van der Waals surface area contributed by atoms with Crippen LogP contribution in [0.15, 0.2) is 12.4 Å². The molecule has 1 aromatic heterocycles. The average Bonchev–Trinajstić information content (AvgIpc) is 2.09. The smallest absolute Gasteiger partial charge is 0.151 e. The molecule has 0 aliphatic carbocycles. The third-order valence-electron chi connectivity index (χ3n) is 1.62. The summed E-state index contributed by atoms with van der Waals surface area (Å²) in [7, 11) is 1.89. The van der Waals surface area contributed by atoms with Crippen molar-refractivity contribution in [2.45, 2.75) is 6.54 Å². The minimum absolute atomic E-state index is 0.133. The maximum absolute atomic E-state index is 8.67. The number of likely N-dealkylation sites (N-methyl/N-ethyl adjacent to an activating group) is 1. The second-order valence-electron chi connectivity index (χ2n) is 2.76. The summed E-state index contributed by atoms with van der Waals surface area (Å²) in [6.45, 7) is 1.34. The van der Waals surface area contributed by atoms with Gasteiger partial charge in [0.2, 0.25) is 0 Å². The van der Waals surface area contributed by atoms with Gasteiger partial charge in [0.05, 0.1) is 12.3 Å². The Morgan fingerprint density at radius 3 is 2.77 bits per heavy atom. The summed E-state index contributed by atoms with van der Waals surface area (Å²) in [6, 6.07) is 0. The van der Waals surface area contributed by atoms with E-state index in [0.717, 1.165) is 5.69 Å². The van der Waals surface area contributed by atoms with Crippen molar-refractivity contribution < 1.29 is 5.11 Å². The van der Waals surface area contributed by atoms with Crippen LogP contribution in [0.1, 0.15) is 5.69 Å². The highest BCUT2D eigenvalue weighted by Gasteiger charge is 2.04. The number of hydrogen-bond acceptors (Lipinski definition) is 4. The van der Waals surface area contributed by atoms with Crippen molar-refractivity contribution in [1.82, 2.24) is 14.9 Å². The van der Waals surface area contributed by atoms with Gasteiger partial charge in [-0.25, -0.2) is 4.98 Å². The number of aliphatic hydroxyl groups is 1. The number of halogens is 1. The van der Waals surface area contributed by atoms with Crippen LogP contribution in [0.25, 0.3) is 0 Å². The first-order chi connectivity index (χ1) is 6.24. The van der Waals surface area contributed by atoms with E-state index < -0.39 is 0 Å². The van der Waals surface area contributed by atoms with Gasteiger partial charge in [-0.3, -0.25) is 9.88 Å². The second-order valence-corrected chi connectivity index (χ2v) is 3.11. The molecule has 1 N–H and O–H groups in total. The van der Waals surface area contributed by atoms with Crippen LogP contribution in [0, 0.1) is 0 Å². The molecule has 1 rings (SSSR count). The fourth-order valence-corrected chi connectivity index (χ4v) is 1.13. The van der Waals surface area contributed by atoms with Crippen LogP contribution in [0.2, 0.25) is 5.15 Å². The predicted molar refractivity (Wildman–Crippen MR) is 50.5 cm³/mol. The number of rotatable bonds is 4. The van der Waals surface area contributed by atoms with E-state index >= 15 is 0 Å². The van der Waals surface area contributed by atoms with Gasteiger partial charge in [0, 0.05) is 25.5 Å². The zero-order valence-electron chi connectivity index (χ0n) is 7.44. The zero-order valence-corrected chi connectivity index (χ0v) is 8.20. The lowest BCUT2D eigenvalue weighted by atomic mass is 10.4. The summed E-state index contributed by atoms with van der Waals surface area (Å²) in [5.74, 6) is 0. The Labute approximate surface area is 82.2 Å². The zero-order chi connectivity index (χ0) is 9.68. The normalized spacial score (nSPS) is 10.8. The molecule has 13 heavy (non-hydrogen) atoms. The van der Waals surface area contributed by atoms with E-state index in [1.165, 1.54) is 0 Å². The fourth-order valence-electron chi connectivity index (χ4n) is 0.961. The second kappa shape index (κ2) is 5.11. The first-order valence-electron chi connectivity index (χ1n) is 3.99. The largest absolute Gasteiger partial charge is 0.395 e. The molecule has 0 spiro atoms. The monoisotopic (exact) mass is 201 g/mol. The summed E-state index contributed by atoms with van der Waals surface area (Å²) in [6.07, 6.45) is 3.16. The van der Waals surface area contributed by atoms with Gasteiger partial charge in [0.25, 0.3) is 0 Å². The van der Waals surface area contributed by atoms with Crippen LogP contribution >= 0.6 is 11.6 Å². The van der Waals surface area contributed by atoms with E-state index in [9.17, 15) is 0 Å². The van der Waals surface area contributed by atoms with Crippen LogP contribution in [0.3, 0.4) is 0 Å². The Hall–Kier alpha value is -0.710. The van der Waals surface area contributed by atoms with Crippen molar-refractivity contribution >= 4 is 11.6 Å². The average molecular weight is 202 g/mol. The maximum Gasteiger partial charge on any atom is 0.151 e. The van der Waals surface area contributed by atoms with Crippen LogP contribution in [-0.4, -0.2) is 40.2 Å². The molecule has 4 nitrogen and oxygen atoms in total. The molecule has 0 radical (unpaired) electrons. The van der Waals surface area contributed by atoms with Gasteiger partial charge < -0.3 is 5.11 Å². The van der Waals surface area contributed by atoms with Crippen LogP contribution in [0.4, 0.5) is 0 Å². The number of aromatic nitrogens is 2. The molecule has 0 aromatic carbocycles. The molecular weight excluding hydrogens is 190 g/mol. The van der Waals surface area contributed by atoms with Crippen molar-refractivity contribution in [1.29, 1.82) is 0 Å². The van der Waals surface area contributed by atoms with Gasteiger partial charge in [0.1, 0.15) is 0 Å². The van der Waals surface area contributed by atoms with Crippen molar-refractivity contribution in [3.05, 3.63) is 23.2 Å². The lowest BCUT2D eigenvalue weighted by Gasteiger charge is -2.14. The summed E-state index contributed by atoms with van der Waals surface area (Å²) < 4.78 is 0. The SMILES string of the molecule is CN(CCO)Cc1nccnc1Cl. The topological polar surface area (TPSA) is 49.2 Å². The minimum Gasteiger partial charge on any atom is -0.395 e. The Morgan fingerprint density at radius 2 is 2.15 bits per heavy atom. The maximum atomic E-state index is 8.67. The van der Waals surface area contributed by atoms with Gasteiger partial charge in [-0.2, -0.15) is 0 Å². The molecule has 0 unspecified atom stereocenters. The molecule has 0 bridgehead atoms. The lowest BCUT2D eigenvalue weighted by Crippen LogP contribution is -2.22. The number of hydrogen-bond donors (Lipinski definition) is 1. The fraction of sp³-hybridized carbons (Fsp3) is 0.500. The first kappa shape index (κ1) is 10.4. The van der Waals surface area contributed by atoms with Gasteiger partial charge in [0.15, 0.2) is 5.15 Å². The Balaban J connectivity index is 2.58. The molecule has 0 saturated heterocycles. The van der Waals surface area contributed by atoms with Gasteiger partial charge in [-0.1, -0.05) is 11.6 Å². The Bertz CT molecular complexity index is 269. The number of nitrogens with zero attached hydrogens (tertiary/aromatic N) is 3. The molecular formula is C8H12ClN3O. The summed E-state index contributed by atoms with van der Waals surface area (Å²) in [5, 5.41) is 9.10. The van der Waals surface area contributed by atoms with Crippen LogP contribution in [0.5, 0.6) is 0 Å². The Morgan fingerprint density at radius 1 is 1.46 bits per heavy atom. The van der Waals surface area contributed by atoms with Crippen molar-refractivity contribution in [3.8, 4) is 0 Å². The molecule has 5 heteroatoms. The molecule has 0 atom stereocenters. The highest BCUT2D eigenvalue weighted by Crippen LogP contribution is 2.09. The van der Waals surface area contributed by atoms with Crippen molar-refractivity contribution in [2.75, 3.05) is 20.2 Å². The van der Waals surface area contributed by atoms with Gasteiger partial charge >= 0.3 is 0 Å². The van der Waals surface area contributed by atoms with E-state index in [0.29, 0.717) is 18.2 Å². The minimum atomic E-state index is 0.133. The highest BCUT2D eigenvalue weighted by atomic mass is 35.5. The van der Waals surface area contributed by atoms with E-state index in [2.05, 4.69) is 9.97 Å². The third-order valence-corrected chi connectivity index (χ3v) is 1.94. The van der Waals surface area contributed by atoms with E-state index in [1.54, 1.807) is 12.4 Å². The Kier molecular flexibility index (Phi) is 4.08. The van der Waals surface area contributed by atoms with Crippen LogP contribution < -0.4 is 0 Å². The quantitative estimate of drug-likeness (QED) is 0.773. The molecule has 0 amide bonds. The molecule has 0 aliphatic heterocycles. The summed E-state index contributed by atoms with van der Waals surface area (Å²) in [5.41, 5.74) is 0.736. The van der Waals surface area contributed by atoms with E-state index in [4.69, 9.17) is 16.7 Å². The summed E-state index contributed by atoms with van der Waals surface area (Å²) in [4.78, 5) is 9.92. The molecule has 0 aliphatic rings. The van der Waals surface area contributed by atoms with E-state index in [-0.39, 0.29) is 6.61 Å². The molecule has 0 saturated carbocycles. The first-order valence-corrected chi connectivity index (χ1v) is 4.36. The lowest BCUT2D eigenvalue weighted by molar-refractivity contribution is 0.216. The molecule has 1 aromatic rings. The van der Waals surface area contributed by atoms with Crippen LogP contribution in [-0.2, 0) is 6.54 Å². The molecule has 72 valence electrons. The standard InChI is InChI=1S/C8H12ClN3O/c1-12(4-5-13)6-7-8(9)11-3-2-10-7/h2-3,13H,4-6H2,1H3. The molecule has 0 fully saturated rings. The van der Waals surface area contributed by atoms with E-state index in [1.807, 2.05) is 11.9 Å².